The molecule has 7 heteroatoms. The van der Waals surface area contributed by atoms with Crippen molar-refractivity contribution < 1.29 is 4.79 Å². The van der Waals surface area contributed by atoms with Crippen LogP contribution in [-0.2, 0) is 11.2 Å². The molecule has 0 unspecified atom stereocenters. The molecule has 5 nitrogen and oxygen atoms in total. The molecule has 0 aliphatic carbocycles. The van der Waals surface area contributed by atoms with E-state index in [4.69, 9.17) is 5.73 Å². The third-order valence-corrected chi connectivity index (χ3v) is 2.54. The molecular weight excluding hydrogens is 287 g/mol. The van der Waals surface area contributed by atoms with Gasteiger partial charge in [0.2, 0.25) is 5.91 Å². The van der Waals surface area contributed by atoms with Gasteiger partial charge < -0.3 is 16.0 Å². The van der Waals surface area contributed by atoms with Crippen LogP contribution < -0.4 is 11.1 Å². The molecule has 19 heavy (non-hydrogen) atoms. The first-order valence-electron chi connectivity index (χ1n) is 5.77. The molecule has 0 saturated carbocycles. The number of likely N-dealkylation sites (N-methyl/N-ethyl adjacent to an activating group) is 1. The third-order valence-electron chi connectivity index (χ3n) is 2.54. The topological polar surface area (TPSA) is 71.2 Å². The third kappa shape index (κ3) is 8.64. The predicted molar refractivity (Wildman–Crippen MR) is 83.0 cm³/mol. The summed E-state index contributed by atoms with van der Waals surface area (Å²) in [5.74, 6) is -0.00762. The molecule has 0 saturated heterocycles. The largest absolute Gasteiger partial charge is 0.397 e. The molecule has 1 aromatic rings. The Morgan fingerprint density at radius 3 is 2.63 bits per heavy atom. The number of pyridine rings is 1. The Hall–Kier alpha value is -1.04. The predicted octanol–water partition coefficient (Wildman–Crippen LogP) is 1.12. The smallest absolute Gasteiger partial charge is 0.226 e. The van der Waals surface area contributed by atoms with Crippen molar-refractivity contribution in [2.75, 3.05) is 32.4 Å². The van der Waals surface area contributed by atoms with Crippen LogP contribution in [0.2, 0.25) is 0 Å². The van der Waals surface area contributed by atoms with Gasteiger partial charge in [0.15, 0.2) is 0 Å². The van der Waals surface area contributed by atoms with E-state index in [1.54, 1.807) is 18.3 Å². The number of nitrogens with zero attached hydrogens (tertiary/aromatic N) is 2. The van der Waals surface area contributed by atoms with E-state index < -0.39 is 0 Å². The number of hydrogen-bond donors (Lipinski definition) is 2. The zero-order valence-corrected chi connectivity index (χ0v) is 12.9. The zero-order valence-electron chi connectivity index (χ0n) is 11.3. The van der Waals surface area contributed by atoms with Gasteiger partial charge in [-0.05, 0) is 25.7 Å². The average Bonchev–Trinajstić information content (AvgIpc) is 2.32. The molecule has 0 radical (unpaired) electrons. The monoisotopic (exact) mass is 308 g/mol. The molecule has 1 rings (SSSR count). The van der Waals surface area contributed by atoms with Gasteiger partial charge >= 0.3 is 0 Å². The van der Waals surface area contributed by atoms with Gasteiger partial charge in [-0.3, -0.25) is 9.78 Å². The van der Waals surface area contributed by atoms with E-state index in [1.165, 1.54) is 0 Å². The minimum atomic E-state index is -0.00762. The molecule has 0 aliphatic heterocycles. The molecule has 1 heterocycles. The maximum absolute atomic E-state index is 11.6. The van der Waals surface area contributed by atoms with E-state index >= 15 is 0 Å². The maximum Gasteiger partial charge on any atom is 0.226 e. The van der Waals surface area contributed by atoms with Gasteiger partial charge in [0.1, 0.15) is 0 Å². The van der Waals surface area contributed by atoms with E-state index in [0.29, 0.717) is 18.7 Å². The lowest BCUT2D eigenvalue weighted by atomic mass is 10.2. The van der Waals surface area contributed by atoms with Crippen LogP contribution in [0.4, 0.5) is 5.69 Å². The normalized spacial score (nSPS) is 9.42. The van der Waals surface area contributed by atoms with Crippen molar-refractivity contribution >= 4 is 36.4 Å². The van der Waals surface area contributed by atoms with Crippen LogP contribution in [0, 0.1) is 0 Å². The van der Waals surface area contributed by atoms with Gasteiger partial charge in [0.25, 0.3) is 0 Å². The van der Waals surface area contributed by atoms with Crippen LogP contribution >= 0.6 is 24.8 Å². The van der Waals surface area contributed by atoms with E-state index in [0.717, 1.165) is 18.8 Å². The number of carbonyl (C=O) groups excluding carboxylic acids is 1. The van der Waals surface area contributed by atoms with Crippen molar-refractivity contribution in [2.24, 2.45) is 0 Å². The second kappa shape index (κ2) is 10.8. The second-order valence-corrected chi connectivity index (χ2v) is 4.01. The SMILES string of the molecule is CCN(C)CCNC(=O)Cc1ccc(N)cn1.Cl.Cl. The Morgan fingerprint density at radius 2 is 2.11 bits per heavy atom. The zero-order chi connectivity index (χ0) is 12.7. The Kier molecular flexibility index (Phi) is 11.6. The lowest BCUT2D eigenvalue weighted by Gasteiger charge is -2.13. The van der Waals surface area contributed by atoms with Crippen LogP contribution in [-0.4, -0.2) is 42.5 Å². The molecule has 3 N–H and O–H groups in total. The number of carbonyl (C=O) groups is 1. The fourth-order valence-electron chi connectivity index (χ4n) is 1.31. The van der Waals surface area contributed by atoms with Crippen molar-refractivity contribution in [2.45, 2.75) is 13.3 Å². The summed E-state index contributed by atoms with van der Waals surface area (Å²) in [6.45, 7) is 4.59. The van der Waals surface area contributed by atoms with E-state index in [-0.39, 0.29) is 30.7 Å². The van der Waals surface area contributed by atoms with Gasteiger partial charge in [-0.2, -0.15) is 0 Å². The summed E-state index contributed by atoms with van der Waals surface area (Å²) in [5.41, 5.74) is 6.86. The summed E-state index contributed by atoms with van der Waals surface area (Å²) in [4.78, 5) is 17.8. The second-order valence-electron chi connectivity index (χ2n) is 4.01. The van der Waals surface area contributed by atoms with Crippen LogP contribution in [0.5, 0.6) is 0 Å². The van der Waals surface area contributed by atoms with Gasteiger partial charge in [-0.1, -0.05) is 6.92 Å². The minimum Gasteiger partial charge on any atom is -0.397 e. The number of nitrogen functional groups attached to an aromatic ring is 1. The van der Waals surface area contributed by atoms with Crippen molar-refractivity contribution in [1.82, 2.24) is 15.2 Å². The van der Waals surface area contributed by atoms with Crippen LogP contribution in [0.25, 0.3) is 0 Å². The fourth-order valence-corrected chi connectivity index (χ4v) is 1.31. The highest BCUT2D eigenvalue weighted by Gasteiger charge is 2.04. The maximum atomic E-state index is 11.6. The van der Waals surface area contributed by atoms with Crippen LogP contribution in [0.1, 0.15) is 12.6 Å². The van der Waals surface area contributed by atoms with Crippen molar-refractivity contribution in [3.63, 3.8) is 0 Å². The summed E-state index contributed by atoms with van der Waals surface area (Å²) in [6, 6.07) is 3.52. The standard InChI is InChI=1S/C12H20N4O.2ClH/c1-3-16(2)7-6-14-12(17)8-11-5-4-10(13)9-15-11;;/h4-5,9H,3,6-8,13H2,1-2H3,(H,14,17);2*1H. The number of aromatic nitrogens is 1. The Bertz CT molecular complexity index is 359. The molecule has 0 spiro atoms. The lowest BCUT2D eigenvalue weighted by Crippen LogP contribution is -2.33. The van der Waals surface area contributed by atoms with Gasteiger partial charge in [-0.25, -0.2) is 0 Å². The number of nitrogens with one attached hydrogen (secondary N) is 1. The van der Waals surface area contributed by atoms with Gasteiger partial charge in [0, 0.05) is 18.8 Å². The molecule has 0 aliphatic rings. The number of amides is 1. The van der Waals surface area contributed by atoms with Gasteiger partial charge in [0.05, 0.1) is 18.3 Å². The molecular formula is C12H22Cl2N4O. The molecule has 0 aromatic carbocycles. The Labute approximate surface area is 126 Å². The van der Waals surface area contributed by atoms with E-state index in [9.17, 15) is 4.79 Å². The number of halogens is 2. The quantitative estimate of drug-likeness (QED) is 0.826. The molecule has 0 atom stereocenters. The first-order valence-corrected chi connectivity index (χ1v) is 5.77. The summed E-state index contributed by atoms with van der Waals surface area (Å²) in [7, 11) is 2.02. The number of nitrogens with two attached hydrogens (primary N) is 1. The highest BCUT2D eigenvalue weighted by Crippen LogP contribution is 2.01. The Morgan fingerprint density at radius 1 is 1.42 bits per heavy atom. The summed E-state index contributed by atoms with van der Waals surface area (Å²) in [6.07, 6.45) is 1.86. The van der Waals surface area contributed by atoms with Crippen molar-refractivity contribution in [3.05, 3.63) is 24.0 Å². The average molecular weight is 309 g/mol. The number of hydrogen-bond acceptors (Lipinski definition) is 4. The van der Waals surface area contributed by atoms with Crippen LogP contribution in [0.3, 0.4) is 0 Å². The highest BCUT2D eigenvalue weighted by molar-refractivity contribution is 5.85. The first kappa shape index (κ1) is 20.3. The summed E-state index contributed by atoms with van der Waals surface area (Å²) < 4.78 is 0. The fraction of sp³-hybridized carbons (Fsp3) is 0.500. The Balaban J connectivity index is 0. The molecule has 0 fully saturated rings. The van der Waals surface area contributed by atoms with Crippen molar-refractivity contribution in [3.8, 4) is 0 Å². The first-order chi connectivity index (χ1) is 8.11. The van der Waals surface area contributed by atoms with E-state index in [1.807, 2.05) is 7.05 Å². The van der Waals surface area contributed by atoms with E-state index in [2.05, 4.69) is 22.1 Å². The minimum absolute atomic E-state index is 0. The molecule has 0 bridgehead atoms. The summed E-state index contributed by atoms with van der Waals surface area (Å²) >= 11 is 0. The number of rotatable bonds is 6. The van der Waals surface area contributed by atoms with Gasteiger partial charge in [-0.15, -0.1) is 24.8 Å². The molecule has 1 amide bonds. The van der Waals surface area contributed by atoms with Crippen LogP contribution in [0.15, 0.2) is 18.3 Å². The highest BCUT2D eigenvalue weighted by atomic mass is 35.5. The van der Waals surface area contributed by atoms with Crippen molar-refractivity contribution in [1.29, 1.82) is 0 Å². The number of anilines is 1. The lowest BCUT2D eigenvalue weighted by molar-refractivity contribution is -0.120. The molecule has 1 aromatic heterocycles. The molecule has 110 valence electrons. The summed E-state index contributed by atoms with van der Waals surface area (Å²) in [5, 5.41) is 2.86.